The van der Waals surface area contributed by atoms with Crippen LogP contribution in [0.15, 0.2) is 9.52 Å². The Morgan fingerprint density at radius 1 is 1.21 bits per heavy atom. The van der Waals surface area contributed by atoms with Gasteiger partial charge in [-0.1, -0.05) is 24.9 Å². The molecule has 0 fully saturated rings. The van der Waals surface area contributed by atoms with Gasteiger partial charge in [-0.3, -0.25) is 4.99 Å². The Balaban J connectivity index is 2.09. The molecule has 0 amide bonds. The fraction of sp³-hybridized carbons (Fsp3) is 0.769. The van der Waals surface area contributed by atoms with Crippen molar-refractivity contribution in [3.63, 3.8) is 0 Å². The summed E-state index contributed by atoms with van der Waals surface area (Å²) < 4.78 is 5.05. The average Bonchev–Trinajstić information content (AvgIpc) is 2.82. The average molecular weight is 267 g/mol. The van der Waals surface area contributed by atoms with Crippen molar-refractivity contribution >= 4 is 5.96 Å². The molecule has 0 radical (unpaired) electrons. The van der Waals surface area contributed by atoms with Crippen molar-refractivity contribution in [3.8, 4) is 0 Å². The second-order valence-corrected chi connectivity index (χ2v) is 4.47. The highest BCUT2D eigenvalue weighted by Crippen LogP contribution is 1.98. The third kappa shape index (κ3) is 6.79. The zero-order valence-corrected chi connectivity index (χ0v) is 12.2. The van der Waals surface area contributed by atoms with Gasteiger partial charge < -0.3 is 15.2 Å². The van der Waals surface area contributed by atoms with Crippen molar-refractivity contribution in [3.05, 3.63) is 11.7 Å². The maximum atomic E-state index is 5.05. The van der Waals surface area contributed by atoms with Crippen LogP contribution in [-0.2, 0) is 6.42 Å². The second-order valence-electron chi connectivity index (χ2n) is 4.47. The number of unbranched alkanes of at least 4 members (excludes halogenated alkanes) is 2. The van der Waals surface area contributed by atoms with E-state index in [0.717, 1.165) is 31.9 Å². The number of rotatable bonds is 8. The highest BCUT2D eigenvalue weighted by Gasteiger charge is 2.02. The monoisotopic (exact) mass is 267 g/mol. The number of nitrogens with one attached hydrogen (secondary N) is 2. The first-order chi connectivity index (χ1) is 9.26. The smallest absolute Gasteiger partial charge is 0.226 e. The van der Waals surface area contributed by atoms with E-state index in [9.17, 15) is 0 Å². The van der Waals surface area contributed by atoms with E-state index < -0.39 is 0 Å². The van der Waals surface area contributed by atoms with Crippen molar-refractivity contribution in [2.45, 2.75) is 46.0 Å². The molecule has 0 aliphatic rings. The fourth-order valence-electron chi connectivity index (χ4n) is 1.69. The van der Waals surface area contributed by atoms with Crippen LogP contribution in [0.5, 0.6) is 0 Å². The van der Waals surface area contributed by atoms with Gasteiger partial charge in [0.05, 0.1) is 0 Å². The molecule has 0 saturated carbocycles. The normalized spacial score (nSPS) is 11.6. The highest BCUT2D eigenvalue weighted by atomic mass is 16.5. The van der Waals surface area contributed by atoms with Gasteiger partial charge in [-0.25, -0.2) is 0 Å². The molecular weight excluding hydrogens is 242 g/mol. The minimum Gasteiger partial charge on any atom is -0.356 e. The molecule has 2 N–H and O–H groups in total. The molecule has 1 rings (SSSR count). The van der Waals surface area contributed by atoms with Gasteiger partial charge in [0.25, 0.3) is 0 Å². The lowest BCUT2D eigenvalue weighted by Crippen LogP contribution is -2.38. The lowest BCUT2D eigenvalue weighted by molar-refractivity contribution is 0.372. The minimum atomic E-state index is 0.691. The van der Waals surface area contributed by atoms with Gasteiger partial charge in [-0.15, -0.1) is 0 Å². The second kappa shape index (κ2) is 9.35. The summed E-state index contributed by atoms with van der Waals surface area (Å²) in [5.41, 5.74) is 0. The first-order valence-electron chi connectivity index (χ1n) is 7.00. The van der Waals surface area contributed by atoms with Crippen LogP contribution in [-0.4, -0.2) is 36.2 Å². The Labute approximate surface area is 115 Å². The summed E-state index contributed by atoms with van der Waals surface area (Å²) in [7, 11) is 1.79. The molecule has 6 nitrogen and oxygen atoms in total. The maximum Gasteiger partial charge on any atom is 0.226 e. The van der Waals surface area contributed by atoms with E-state index in [-0.39, 0.29) is 0 Å². The van der Waals surface area contributed by atoms with Crippen LogP contribution in [0.1, 0.15) is 44.3 Å². The quantitative estimate of drug-likeness (QED) is 0.426. The Hall–Kier alpha value is -1.59. The van der Waals surface area contributed by atoms with Gasteiger partial charge in [0, 0.05) is 26.6 Å². The lowest BCUT2D eigenvalue weighted by atomic mass is 10.2. The number of hydrogen-bond donors (Lipinski definition) is 2. The number of hydrogen-bond acceptors (Lipinski definition) is 4. The summed E-state index contributed by atoms with van der Waals surface area (Å²) in [5, 5.41) is 10.3. The molecule has 1 heterocycles. The van der Waals surface area contributed by atoms with Crippen LogP contribution in [0.2, 0.25) is 0 Å². The molecule has 1 aromatic rings. The van der Waals surface area contributed by atoms with Crippen LogP contribution < -0.4 is 10.6 Å². The van der Waals surface area contributed by atoms with Crippen LogP contribution in [0.4, 0.5) is 0 Å². The molecule has 0 saturated heterocycles. The zero-order valence-electron chi connectivity index (χ0n) is 12.2. The standard InChI is InChI=1S/C13H25N5O/c1-4-5-6-9-15-13(14-3)16-10-7-8-12-17-11(2)18-19-12/h4-10H2,1-3H3,(H2,14,15,16). The van der Waals surface area contributed by atoms with E-state index in [0.29, 0.717) is 11.7 Å². The van der Waals surface area contributed by atoms with Crippen LogP contribution in [0.3, 0.4) is 0 Å². The largest absolute Gasteiger partial charge is 0.356 e. The minimum absolute atomic E-state index is 0.691. The molecule has 0 unspecified atom stereocenters. The summed E-state index contributed by atoms with van der Waals surface area (Å²) in [4.78, 5) is 8.34. The fourth-order valence-corrected chi connectivity index (χ4v) is 1.69. The van der Waals surface area contributed by atoms with Crippen LogP contribution in [0, 0.1) is 6.92 Å². The van der Waals surface area contributed by atoms with Gasteiger partial charge in [0.2, 0.25) is 5.89 Å². The van der Waals surface area contributed by atoms with Gasteiger partial charge in [-0.05, 0) is 19.8 Å². The van der Waals surface area contributed by atoms with Crippen LogP contribution >= 0.6 is 0 Å². The lowest BCUT2D eigenvalue weighted by Gasteiger charge is -2.10. The first-order valence-corrected chi connectivity index (χ1v) is 7.00. The number of aliphatic imine (C=N–C) groups is 1. The Kier molecular flexibility index (Phi) is 7.62. The first kappa shape index (κ1) is 15.5. The molecule has 0 aliphatic heterocycles. The summed E-state index contributed by atoms with van der Waals surface area (Å²) in [6.07, 6.45) is 5.40. The molecule has 108 valence electrons. The van der Waals surface area contributed by atoms with Gasteiger partial charge in [0.1, 0.15) is 0 Å². The summed E-state index contributed by atoms with van der Waals surface area (Å²) in [6, 6.07) is 0. The highest BCUT2D eigenvalue weighted by molar-refractivity contribution is 5.79. The number of aryl methyl sites for hydroxylation is 2. The van der Waals surface area contributed by atoms with Crippen molar-refractivity contribution < 1.29 is 4.52 Å². The molecule has 0 aromatic carbocycles. The van der Waals surface area contributed by atoms with Crippen molar-refractivity contribution in [2.24, 2.45) is 4.99 Å². The summed E-state index contributed by atoms with van der Waals surface area (Å²) in [6.45, 7) is 5.84. The van der Waals surface area contributed by atoms with E-state index in [2.05, 4.69) is 32.7 Å². The SMILES string of the molecule is CCCCCNC(=NC)NCCCc1nc(C)no1. The van der Waals surface area contributed by atoms with E-state index in [1.54, 1.807) is 7.05 Å². The van der Waals surface area contributed by atoms with Gasteiger partial charge >= 0.3 is 0 Å². The number of guanidine groups is 1. The van der Waals surface area contributed by atoms with Crippen molar-refractivity contribution in [2.75, 3.05) is 20.1 Å². The third-order valence-corrected chi connectivity index (χ3v) is 2.73. The molecule has 6 heteroatoms. The van der Waals surface area contributed by atoms with E-state index in [1.165, 1.54) is 19.3 Å². The van der Waals surface area contributed by atoms with Crippen molar-refractivity contribution in [1.82, 2.24) is 20.8 Å². The number of nitrogens with zero attached hydrogens (tertiary/aromatic N) is 3. The Morgan fingerprint density at radius 3 is 2.53 bits per heavy atom. The topological polar surface area (TPSA) is 75.3 Å². The molecule has 0 bridgehead atoms. The number of aromatic nitrogens is 2. The molecule has 19 heavy (non-hydrogen) atoms. The predicted molar refractivity (Wildman–Crippen MR) is 76.2 cm³/mol. The summed E-state index contributed by atoms with van der Waals surface area (Å²) in [5.74, 6) is 2.25. The van der Waals surface area contributed by atoms with Crippen LogP contribution in [0.25, 0.3) is 0 Å². The van der Waals surface area contributed by atoms with E-state index in [4.69, 9.17) is 4.52 Å². The Morgan fingerprint density at radius 2 is 1.95 bits per heavy atom. The molecule has 1 aromatic heterocycles. The van der Waals surface area contributed by atoms with E-state index in [1.807, 2.05) is 6.92 Å². The molecular formula is C13H25N5O. The van der Waals surface area contributed by atoms with Gasteiger partial charge in [-0.2, -0.15) is 4.98 Å². The van der Waals surface area contributed by atoms with E-state index >= 15 is 0 Å². The summed E-state index contributed by atoms with van der Waals surface area (Å²) >= 11 is 0. The van der Waals surface area contributed by atoms with Crippen molar-refractivity contribution in [1.29, 1.82) is 0 Å². The third-order valence-electron chi connectivity index (χ3n) is 2.73. The Bertz CT molecular complexity index is 375. The maximum absolute atomic E-state index is 5.05. The molecule has 0 atom stereocenters. The zero-order chi connectivity index (χ0) is 13.9. The molecule has 0 aliphatic carbocycles. The molecule has 0 spiro atoms. The van der Waals surface area contributed by atoms with Gasteiger partial charge in [0.15, 0.2) is 11.8 Å². The predicted octanol–water partition coefficient (Wildman–Crippen LogP) is 1.67.